The number of ether oxygens (including phenoxy) is 1. The molecule has 0 spiro atoms. The molecular formula is C27H31ClN2O3. The molecule has 6 heteroatoms. The van der Waals surface area contributed by atoms with Gasteiger partial charge >= 0.3 is 0 Å². The van der Waals surface area contributed by atoms with Crippen LogP contribution < -0.4 is 0 Å². The number of Topliss-reactive ketones (excluding diaryl/α,β-unsaturated/α-hetero) is 1. The molecule has 1 saturated heterocycles. The molecule has 2 aliphatic heterocycles. The fourth-order valence-corrected chi connectivity index (χ4v) is 5.74. The molecule has 5 rings (SSSR count). The maximum atomic E-state index is 13.4. The number of hydrogen-bond donors (Lipinski definition) is 1. The Kier molecular flexibility index (Phi) is 6.84. The molecule has 2 fully saturated rings. The summed E-state index contributed by atoms with van der Waals surface area (Å²) in [6.07, 6.45) is 2.12. The first-order chi connectivity index (χ1) is 16.1. The van der Waals surface area contributed by atoms with Crippen LogP contribution in [0, 0.1) is 11.8 Å². The van der Waals surface area contributed by atoms with Crippen molar-refractivity contribution < 1.29 is 14.6 Å². The van der Waals surface area contributed by atoms with E-state index in [-0.39, 0.29) is 23.7 Å². The van der Waals surface area contributed by atoms with Crippen molar-refractivity contribution in [3.63, 3.8) is 0 Å². The largest absolute Gasteiger partial charge is 0.496 e. The van der Waals surface area contributed by atoms with E-state index in [0.29, 0.717) is 23.4 Å². The van der Waals surface area contributed by atoms with E-state index >= 15 is 0 Å². The molecule has 3 aliphatic rings. The second kappa shape index (κ2) is 9.98. The summed E-state index contributed by atoms with van der Waals surface area (Å²) >= 11 is 6.34. The first-order valence-electron chi connectivity index (χ1n) is 11.9. The molecule has 2 aromatic carbocycles. The summed E-state index contributed by atoms with van der Waals surface area (Å²) < 4.78 is 6.16. The van der Waals surface area contributed by atoms with Gasteiger partial charge < -0.3 is 14.7 Å². The zero-order chi connectivity index (χ0) is 22.8. The Balaban J connectivity index is 1.23. The normalized spacial score (nSPS) is 28.7. The van der Waals surface area contributed by atoms with Crippen LogP contribution in [0.4, 0.5) is 0 Å². The third kappa shape index (κ3) is 4.87. The van der Waals surface area contributed by atoms with Gasteiger partial charge in [0.1, 0.15) is 6.10 Å². The predicted octanol–water partition coefficient (Wildman–Crippen LogP) is 3.85. The molecule has 5 nitrogen and oxygen atoms in total. The summed E-state index contributed by atoms with van der Waals surface area (Å²) in [5, 5.41) is 11.4. The van der Waals surface area contributed by atoms with Gasteiger partial charge in [-0.05, 0) is 24.5 Å². The molecule has 1 aliphatic carbocycles. The van der Waals surface area contributed by atoms with E-state index in [1.54, 1.807) is 12.3 Å². The molecule has 174 valence electrons. The Bertz CT molecular complexity index is 1000. The van der Waals surface area contributed by atoms with Gasteiger partial charge in [0.25, 0.3) is 0 Å². The lowest BCUT2D eigenvalue weighted by atomic mass is 9.72. The van der Waals surface area contributed by atoms with Crippen molar-refractivity contribution in [3.05, 3.63) is 77.0 Å². The number of rotatable bonds is 5. The minimum Gasteiger partial charge on any atom is -0.496 e. The number of carbonyl (C=O) groups excluding carboxylic acids is 1. The van der Waals surface area contributed by atoms with Crippen LogP contribution in [0.25, 0.3) is 5.57 Å². The average Bonchev–Trinajstić information content (AvgIpc) is 2.83. The van der Waals surface area contributed by atoms with E-state index in [9.17, 15) is 9.90 Å². The Morgan fingerprint density at radius 3 is 2.39 bits per heavy atom. The molecule has 33 heavy (non-hydrogen) atoms. The standard InChI is InChI=1S/C27H31ClN2O3/c28-24-9-5-4-8-20(24)23-18-33-27-21(26(23)32)10-11-25(31)22(27)17-30-14-12-29(13-15-30)16-19-6-2-1-3-7-19/h1-9,18,21-22,25,27,31H,10-17H2. The molecule has 0 radical (unpaired) electrons. The van der Waals surface area contributed by atoms with Crippen molar-refractivity contribution >= 4 is 23.0 Å². The predicted molar refractivity (Wildman–Crippen MR) is 130 cm³/mol. The lowest BCUT2D eigenvalue weighted by Crippen LogP contribution is -2.54. The second-order valence-corrected chi connectivity index (χ2v) is 9.86. The van der Waals surface area contributed by atoms with Crippen LogP contribution in [0.5, 0.6) is 0 Å². The highest BCUT2D eigenvalue weighted by Crippen LogP contribution is 2.40. The lowest BCUT2D eigenvalue weighted by molar-refractivity contribution is -0.134. The van der Waals surface area contributed by atoms with Crippen molar-refractivity contribution in [2.24, 2.45) is 11.8 Å². The van der Waals surface area contributed by atoms with Gasteiger partial charge in [-0.1, -0.05) is 60.1 Å². The number of ketones is 1. The van der Waals surface area contributed by atoms with E-state index in [1.807, 2.05) is 18.2 Å². The molecule has 0 amide bonds. The molecule has 1 N–H and O–H groups in total. The molecule has 4 atom stereocenters. The van der Waals surface area contributed by atoms with Crippen LogP contribution in [0.15, 0.2) is 60.9 Å². The van der Waals surface area contributed by atoms with Crippen LogP contribution in [0.1, 0.15) is 24.0 Å². The van der Waals surface area contributed by atoms with E-state index in [2.05, 4.69) is 40.1 Å². The summed E-state index contributed by atoms with van der Waals surface area (Å²) in [5.41, 5.74) is 2.61. The lowest BCUT2D eigenvalue weighted by Gasteiger charge is -2.45. The SMILES string of the molecule is O=C1C(c2ccccc2Cl)=COC2C1CCC(O)C2CN1CCN(Cc2ccccc2)CC1. The number of hydrogen-bond acceptors (Lipinski definition) is 5. The number of halogens is 1. The zero-order valence-corrected chi connectivity index (χ0v) is 19.5. The second-order valence-electron chi connectivity index (χ2n) is 9.45. The van der Waals surface area contributed by atoms with E-state index in [4.69, 9.17) is 16.3 Å². The smallest absolute Gasteiger partial charge is 0.173 e. The van der Waals surface area contributed by atoms with Crippen LogP contribution >= 0.6 is 11.6 Å². The highest BCUT2D eigenvalue weighted by molar-refractivity contribution is 6.35. The van der Waals surface area contributed by atoms with Crippen LogP contribution in [-0.4, -0.2) is 65.6 Å². The van der Waals surface area contributed by atoms with Gasteiger partial charge in [0.2, 0.25) is 0 Å². The number of aliphatic hydroxyl groups excluding tert-OH is 1. The number of benzene rings is 2. The number of piperazine rings is 1. The van der Waals surface area contributed by atoms with E-state index in [1.165, 1.54) is 5.56 Å². The van der Waals surface area contributed by atoms with Crippen LogP contribution in [0.2, 0.25) is 5.02 Å². The quantitative estimate of drug-likeness (QED) is 0.725. The number of nitrogens with zero attached hydrogens (tertiary/aromatic N) is 2. The van der Waals surface area contributed by atoms with Gasteiger partial charge in [-0.2, -0.15) is 0 Å². The molecule has 1 saturated carbocycles. The number of aliphatic hydroxyl groups is 1. The van der Waals surface area contributed by atoms with Gasteiger partial charge in [0.05, 0.1) is 23.9 Å². The minimum atomic E-state index is -0.448. The molecule has 0 bridgehead atoms. The molecule has 2 heterocycles. The van der Waals surface area contributed by atoms with E-state index in [0.717, 1.165) is 44.8 Å². The fraction of sp³-hybridized carbons (Fsp3) is 0.444. The van der Waals surface area contributed by atoms with Gasteiger partial charge in [0, 0.05) is 55.8 Å². The maximum Gasteiger partial charge on any atom is 0.173 e. The minimum absolute atomic E-state index is 0.0718. The third-order valence-corrected chi connectivity index (χ3v) is 7.71. The monoisotopic (exact) mass is 466 g/mol. The molecule has 2 aromatic rings. The number of carbonyl (C=O) groups is 1. The third-order valence-electron chi connectivity index (χ3n) is 7.38. The van der Waals surface area contributed by atoms with E-state index < -0.39 is 6.10 Å². The maximum absolute atomic E-state index is 13.4. The highest BCUT2D eigenvalue weighted by Gasteiger charge is 2.47. The Labute approximate surface area is 200 Å². The van der Waals surface area contributed by atoms with Crippen molar-refractivity contribution in [1.29, 1.82) is 0 Å². The first kappa shape index (κ1) is 22.6. The highest BCUT2D eigenvalue weighted by atomic mass is 35.5. The van der Waals surface area contributed by atoms with Gasteiger partial charge in [-0.3, -0.25) is 9.69 Å². The Morgan fingerprint density at radius 1 is 0.939 bits per heavy atom. The van der Waals surface area contributed by atoms with Crippen molar-refractivity contribution in [2.45, 2.75) is 31.6 Å². The van der Waals surface area contributed by atoms with Gasteiger partial charge in [-0.15, -0.1) is 0 Å². The molecular weight excluding hydrogens is 436 g/mol. The molecule has 4 unspecified atom stereocenters. The first-order valence-corrected chi connectivity index (χ1v) is 12.3. The average molecular weight is 467 g/mol. The fourth-order valence-electron chi connectivity index (χ4n) is 5.50. The topological polar surface area (TPSA) is 53.0 Å². The van der Waals surface area contributed by atoms with Gasteiger partial charge in [0.15, 0.2) is 5.78 Å². The van der Waals surface area contributed by atoms with Crippen molar-refractivity contribution in [3.8, 4) is 0 Å². The zero-order valence-electron chi connectivity index (χ0n) is 18.8. The number of allylic oxidation sites excluding steroid dienone is 1. The Hall–Kier alpha value is -2.18. The summed E-state index contributed by atoms with van der Waals surface area (Å²) in [6, 6.07) is 18.0. The molecule has 0 aromatic heterocycles. The van der Waals surface area contributed by atoms with Gasteiger partial charge in [-0.25, -0.2) is 0 Å². The van der Waals surface area contributed by atoms with Crippen molar-refractivity contribution in [2.75, 3.05) is 32.7 Å². The number of fused-ring (bicyclic) bond motifs is 1. The Morgan fingerprint density at radius 2 is 1.64 bits per heavy atom. The van der Waals surface area contributed by atoms with Crippen LogP contribution in [-0.2, 0) is 16.1 Å². The van der Waals surface area contributed by atoms with Crippen LogP contribution in [0.3, 0.4) is 0 Å². The summed E-state index contributed by atoms with van der Waals surface area (Å²) in [5.74, 6) is -0.213. The van der Waals surface area contributed by atoms with Crippen molar-refractivity contribution in [1.82, 2.24) is 9.80 Å². The summed E-state index contributed by atoms with van der Waals surface area (Å²) in [6.45, 7) is 5.65. The summed E-state index contributed by atoms with van der Waals surface area (Å²) in [7, 11) is 0. The summed E-state index contributed by atoms with van der Waals surface area (Å²) in [4.78, 5) is 18.3.